The van der Waals surface area contributed by atoms with Crippen molar-refractivity contribution in [2.75, 3.05) is 59.2 Å². The molecule has 0 saturated carbocycles. The molecular formula is C30H34N6O3. The normalized spacial score (nSPS) is 14.3. The summed E-state index contributed by atoms with van der Waals surface area (Å²) in [5.41, 5.74) is 11.6. The van der Waals surface area contributed by atoms with Crippen LogP contribution in [0.15, 0.2) is 48.5 Å². The van der Waals surface area contributed by atoms with Crippen LogP contribution < -0.4 is 11.1 Å². The van der Waals surface area contributed by atoms with Crippen LogP contribution in [0, 0.1) is 6.92 Å². The van der Waals surface area contributed by atoms with Crippen LogP contribution in [-0.4, -0.2) is 91.3 Å². The minimum Gasteiger partial charge on any atom is -0.366 e. The zero-order chi connectivity index (χ0) is 27.8. The van der Waals surface area contributed by atoms with Crippen LogP contribution in [0.5, 0.6) is 0 Å². The first-order valence-electron chi connectivity index (χ1n) is 13.0. The standard InChI is InChI=1S/C30H34N6O3/c1-18-20(6-5-7-24(18)32-26(37)17-34(2)3)21-10-11-23(29(31)38)28-27(21)22-9-8-19(16-25(22)33-28)30(39)36-14-12-35(4)13-15-36/h5-11,16,33H,12-15,17H2,1-4H3,(H2,31,38)(H,32,37). The first-order chi connectivity index (χ1) is 18.6. The van der Waals surface area contributed by atoms with E-state index in [1.54, 1.807) is 6.07 Å². The molecular weight excluding hydrogens is 492 g/mol. The van der Waals surface area contributed by atoms with E-state index in [2.05, 4.69) is 22.2 Å². The van der Waals surface area contributed by atoms with Crippen molar-refractivity contribution in [3.05, 3.63) is 65.2 Å². The predicted octanol–water partition coefficient (Wildman–Crippen LogP) is 3.28. The molecule has 39 heavy (non-hydrogen) atoms. The molecule has 0 bridgehead atoms. The van der Waals surface area contributed by atoms with Gasteiger partial charge in [0.1, 0.15) is 0 Å². The lowest BCUT2D eigenvalue weighted by Gasteiger charge is -2.32. The number of primary amides is 1. The summed E-state index contributed by atoms with van der Waals surface area (Å²) in [4.78, 5) is 47.4. The van der Waals surface area contributed by atoms with Crippen LogP contribution in [0.3, 0.4) is 0 Å². The monoisotopic (exact) mass is 526 g/mol. The molecule has 4 aromatic rings. The quantitative estimate of drug-likeness (QED) is 0.357. The molecule has 0 unspecified atom stereocenters. The summed E-state index contributed by atoms with van der Waals surface area (Å²) < 4.78 is 0. The SMILES string of the molecule is Cc1c(NC(=O)CN(C)C)cccc1-c1ccc(C(N)=O)c2[nH]c3cc(C(=O)N4CCN(C)CC4)ccc3c12. The highest BCUT2D eigenvalue weighted by molar-refractivity contribution is 6.20. The molecule has 0 atom stereocenters. The Labute approximate surface area is 227 Å². The van der Waals surface area contributed by atoms with Crippen molar-refractivity contribution >= 4 is 45.2 Å². The second-order valence-electron chi connectivity index (χ2n) is 10.5. The molecule has 9 heteroatoms. The maximum atomic E-state index is 13.2. The van der Waals surface area contributed by atoms with E-state index < -0.39 is 5.91 Å². The Hall–Kier alpha value is -4.21. The fourth-order valence-electron chi connectivity index (χ4n) is 5.31. The van der Waals surface area contributed by atoms with Crippen LogP contribution >= 0.6 is 0 Å². The van der Waals surface area contributed by atoms with E-state index in [0.717, 1.165) is 51.8 Å². The summed E-state index contributed by atoms with van der Waals surface area (Å²) in [6.07, 6.45) is 0. The molecule has 2 heterocycles. The second-order valence-corrected chi connectivity index (χ2v) is 10.5. The van der Waals surface area contributed by atoms with Gasteiger partial charge in [-0.3, -0.25) is 14.4 Å². The number of carbonyl (C=O) groups excluding carboxylic acids is 3. The number of nitrogens with zero attached hydrogens (tertiary/aromatic N) is 3. The number of amides is 3. The van der Waals surface area contributed by atoms with E-state index in [1.807, 2.05) is 73.3 Å². The molecule has 1 aromatic heterocycles. The maximum absolute atomic E-state index is 13.2. The number of nitrogens with one attached hydrogen (secondary N) is 2. The van der Waals surface area contributed by atoms with Crippen molar-refractivity contribution in [3.63, 3.8) is 0 Å². The second kappa shape index (κ2) is 10.5. The highest BCUT2D eigenvalue weighted by atomic mass is 16.2. The Morgan fingerprint density at radius 2 is 1.74 bits per heavy atom. The van der Waals surface area contributed by atoms with E-state index in [9.17, 15) is 14.4 Å². The van der Waals surface area contributed by atoms with Gasteiger partial charge in [0.15, 0.2) is 0 Å². The number of piperazine rings is 1. The van der Waals surface area contributed by atoms with Crippen LogP contribution in [0.1, 0.15) is 26.3 Å². The van der Waals surface area contributed by atoms with Gasteiger partial charge in [0.2, 0.25) is 5.91 Å². The van der Waals surface area contributed by atoms with Gasteiger partial charge in [0.25, 0.3) is 11.8 Å². The fourth-order valence-corrected chi connectivity index (χ4v) is 5.31. The lowest BCUT2D eigenvalue weighted by molar-refractivity contribution is -0.116. The van der Waals surface area contributed by atoms with Gasteiger partial charge < -0.3 is 30.7 Å². The van der Waals surface area contributed by atoms with Gasteiger partial charge in [0, 0.05) is 53.7 Å². The molecule has 3 aromatic carbocycles. The Bertz CT molecular complexity index is 1600. The van der Waals surface area contributed by atoms with Crippen LogP contribution in [0.2, 0.25) is 0 Å². The molecule has 202 valence electrons. The first-order valence-corrected chi connectivity index (χ1v) is 13.0. The Kier molecular flexibility index (Phi) is 7.12. The lowest BCUT2D eigenvalue weighted by atomic mass is 9.93. The Morgan fingerprint density at radius 1 is 1.00 bits per heavy atom. The topological polar surface area (TPSA) is 115 Å². The van der Waals surface area contributed by atoms with Crippen molar-refractivity contribution in [2.24, 2.45) is 5.73 Å². The van der Waals surface area contributed by atoms with Gasteiger partial charge in [0.05, 0.1) is 17.6 Å². The van der Waals surface area contributed by atoms with Crippen LogP contribution in [-0.2, 0) is 4.79 Å². The van der Waals surface area contributed by atoms with Crippen molar-refractivity contribution in [3.8, 4) is 11.1 Å². The highest BCUT2D eigenvalue weighted by Gasteiger charge is 2.23. The number of nitrogens with two attached hydrogens (primary N) is 1. The van der Waals surface area contributed by atoms with E-state index in [0.29, 0.717) is 29.7 Å². The fraction of sp³-hybridized carbons (Fsp3) is 0.300. The third kappa shape index (κ3) is 5.10. The van der Waals surface area contributed by atoms with E-state index >= 15 is 0 Å². The molecule has 9 nitrogen and oxygen atoms in total. The molecule has 0 spiro atoms. The van der Waals surface area contributed by atoms with Gasteiger partial charge in [-0.25, -0.2) is 0 Å². The molecule has 4 N–H and O–H groups in total. The number of carbonyl (C=O) groups is 3. The molecule has 1 aliphatic heterocycles. The van der Waals surface area contributed by atoms with Gasteiger partial charge in [-0.2, -0.15) is 0 Å². The summed E-state index contributed by atoms with van der Waals surface area (Å²) in [5.74, 6) is -0.636. The summed E-state index contributed by atoms with van der Waals surface area (Å²) in [5, 5.41) is 4.74. The first kappa shape index (κ1) is 26.4. The minimum atomic E-state index is -0.534. The number of hydrogen-bond donors (Lipinski definition) is 3. The van der Waals surface area contributed by atoms with E-state index in [-0.39, 0.29) is 18.4 Å². The maximum Gasteiger partial charge on any atom is 0.254 e. The zero-order valence-electron chi connectivity index (χ0n) is 22.8. The predicted molar refractivity (Wildman–Crippen MR) is 155 cm³/mol. The summed E-state index contributed by atoms with van der Waals surface area (Å²) in [7, 11) is 5.75. The summed E-state index contributed by atoms with van der Waals surface area (Å²) in [6, 6.07) is 15.0. The van der Waals surface area contributed by atoms with Crippen molar-refractivity contribution in [1.82, 2.24) is 19.7 Å². The smallest absolute Gasteiger partial charge is 0.254 e. The number of rotatable bonds is 6. The van der Waals surface area contributed by atoms with Gasteiger partial charge in [-0.1, -0.05) is 24.3 Å². The average Bonchev–Trinajstić information content (AvgIpc) is 3.28. The van der Waals surface area contributed by atoms with Crippen molar-refractivity contribution in [2.45, 2.75) is 6.92 Å². The number of likely N-dealkylation sites (N-methyl/N-ethyl adjacent to an activating group) is 2. The molecule has 5 rings (SSSR count). The van der Waals surface area contributed by atoms with Crippen LogP contribution in [0.4, 0.5) is 5.69 Å². The largest absolute Gasteiger partial charge is 0.366 e. The number of aromatic nitrogens is 1. The molecule has 3 amide bonds. The number of fused-ring (bicyclic) bond motifs is 3. The van der Waals surface area contributed by atoms with Gasteiger partial charge in [-0.05, 0) is 69.0 Å². The number of hydrogen-bond acceptors (Lipinski definition) is 5. The van der Waals surface area contributed by atoms with Crippen molar-refractivity contribution < 1.29 is 14.4 Å². The third-order valence-corrected chi connectivity index (χ3v) is 7.41. The van der Waals surface area contributed by atoms with E-state index in [1.165, 1.54) is 0 Å². The average molecular weight is 527 g/mol. The Morgan fingerprint density at radius 3 is 2.44 bits per heavy atom. The van der Waals surface area contributed by atoms with Crippen LogP contribution in [0.25, 0.3) is 32.9 Å². The lowest BCUT2D eigenvalue weighted by Crippen LogP contribution is -2.47. The van der Waals surface area contributed by atoms with Crippen molar-refractivity contribution in [1.29, 1.82) is 0 Å². The highest BCUT2D eigenvalue weighted by Crippen LogP contribution is 2.39. The molecule has 0 radical (unpaired) electrons. The number of aromatic amines is 1. The Balaban J connectivity index is 1.61. The zero-order valence-corrected chi connectivity index (χ0v) is 22.8. The van der Waals surface area contributed by atoms with Gasteiger partial charge >= 0.3 is 0 Å². The molecule has 1 saturated heterocycles. The number of benzene rings is 3. The summed E-state index contributed by atoms with van der Waals surface area (Å²) >= 11 is 0. The molecule has 0 aliphatic carbocycles. The van der Waals surface area contributed by atoms with Gasteiger partial charge in [-0.15, -0.1) is 0 Å². The molecule has 1 fully saturated rings. The van der Waals surface area contributed by atoms with E-state index in [4.69, 9.17) is 5.73 Å². The number of anilines is 1. The third-order valence-electron chi connectivity index (χ3n) is 7.41. The molecule has 1 aliphatic rings. The summed E-state index contributed by atoms with van der Waals surface area (Å²) in [6.45, 7) is 5.32. The number of H-pyrrole nitrogens is 1. The minimum absolute atomic E-state index is 0.00369.